The quantitative estimate of drug-likeness (QED) is 0.605. The van der Waals surface area contributed by atoms with E-state index in [1.807, 2.05) is 0 Å². The average molecular weight is 211 g/mol. The molecule has 1 aromatic carbocycles. The van der Waals surface area contributed by atoms with Crippen molar-refractivity contribution in [3.05, 3.63) is 53.6 Å². The molecule has 2 bridgehead atoms. The van der Waals surface area contributed by atoms with Crippen LogP contribution in [-0.4, -0.2) is 19.0 Å². The van der Waals surface area contributed by atoms with E-state index in [1.54, 1.807) is 7.11 Å². The molecule has 0 spiro atoms. The van der Waals surface area contributed by atoms with E-state index < -0.39 is 0 Å². The predicted octanol–water partition coefficient (Wildman–Crippen LogP) is 2.78. The number of methoxy groups -OCH3 is 1. The van der Waals surface area contributed by atoms with E-state index in [1.165, 1.54) is 11.1 Å². The van der Waals surface area contributed by atoms with Gasteiger partial charge in [-0.2, -0.15) is 0 Å². The molecule has 1 aromatic rings. The molecular formula is C14H13NO. The Morgan fingerprint density at radius 3 is 2.88 bits per heavy atom. The van der Waals surface area contributed by atoms with Crippen LogP contribution in [0.3, 0.4) is 0 Å². The highest BCUT2D eigenvalue weighted by Crippen LogP contribution is 2.30. The van der Waals surface area contributed by atoms with Crippen LogP contribution in [0.5, 0.6) is 0 Å². The molecule has 2 heterocycles. The van der Waals surface area contributed by atoms with Crippen LogP contribution in [0.4, 0.5) is 0 Å². The highest BCUT2D eigenvalue weighted by atomic mass is 16.5. The monoisotopic (exact) mass is 211 g/mol. The number of hydrogen-bond donors (Lipinski definition) is 0. The van der Waals surface area contributed by atoms with Gasteiger partial charge in [-0.05, 0) is 11.1 Å². The number of ether oxygens (including phenoxy) is 1. The number of rotatable bonds is 0. The van der Waals surface area contributed by atoms with Crippen LogP contribution < -0.4 is 0 Å². The SMILES string of the molecule is COC1=NC2C=CC1c1ccccc1/C=C\2. The van der Waals surface area contributed by atoms with E-state index in [9.17, 15) is 0 Å². The van der Waals surface area contributed by atoms with Crippen LogP contribution in [0.2, 0.25) is 0 Å². The molecule has 0 amide bonds. The highest BCUT2D eigenvalue weighted by Gasteiger charge is 2.24. The van der Waals surface area contributed by atoms with E-state index in [4.69, 9.17) is 4.74 Å². The lowest BCUT2D eigenvalue weighted by Gasteiger charge is -2.24. The average Bonchev–Trinajstić information content (AvgIpc) is 2.32. The van der Waals surface area contributed by atoms with Gasteiger partial charge in [0, 0.05) is 0 Å². The third-order valence-corrected chi connectivity index (χ3v) is 3.06. The zero-order chi connectivity index (χ0) is 11.0. The molecule has 2 heteroatoms. The van der Waals surface area contributed by atoms with Crippen molar-refractivity contribution in [3.8, 4) is 0 Å². The number of nitrogens with zero attached hydrogens (tertiary/aromatic N) is 1. The second-order valence-electron chi connectivity index (χ2n) is 4.01. The van der Waals surface area contributed by atoms with Gasteiger partial charge in [0.25, 0.3) is 0 Å². The van der Waals surface area contributed by atoms with Gasteiger partial charge in [-0.25, -0.2) is 4.99 Å². The molecule has 0 saturated carbocycles. The second kappa shape index (κ2) is 3.63. The molecule has 2 aliphatic heterocycles. The molecule has 2 unspecified atom stereocenters. The molecule has 0 radical (unpaired) electrons. The van der Waals surface area contributed by atoms with Crippen molar-refractivity contribution < 1.29 is 4.74 Å². The maximum atomic E-state index is 5.38. The normalized spacial score (nSPS) is 27.7. The second-order valence-corrected chi connectivity index (χ2v) is 4.01. The number of dihydropyridines is 1. The highest BCUT2D eigenvalue weighted by molar-refractivity contribution is 5.89. The Hall–Kier alpha value is -1.83. The number of hydrogen-bond acceptors (Lipinski definition) is 2. The van der Waals surface area contributed by atoms with Crippen LogP contribution in [0, 0.1) is 0 Å². The van der Waals surface area contributed by atoms with Gasteiger partial charge in [-0.15, -0.1) is 0 Å². The van der Waals surface area contributed by atoms with Crippen molar-refractivity contribution in [2.24, 2.45) is 4.99 Å². The van der Waals surface area contributed by atoms with Crippen LogP contribution >= 0.6 is 0 Å². The molecule has 2 atom stereocenters. The number of benzene rings is 1. The van der Waals surface area contributed by atoms with Gasteiger partial charge in [0.05, 0.1) is 19.1 Å². The van der Waals surface area contributed by atoms with E-state index in [0.717, 1.165) is 5.90 Å². The first-order valence-corrected chi connectivity index (χ1v) is 5.45. The Morgan fingerprint density at radius 2 is 2.00 bits per heavy atom. The summed E-state index contributed by atoms with van der Waals surface area (Å²) in [6.45, 7) is 0. The Balaban J connectivity index is 2.20. The Morgan fingerprint density at radius 1 is 1.12 bits per heavy atom. The van der Waals surface area contributed by atoms with Gasteiger partial charge in [0.15, 0.2) is 5.90 Å². The molecule has 4 rings (SSSR count). The summed E-state index contributed by atoms with van der Waals surface area (Å²) >= 11 is 0. The summed E-state index contributed by atoms with van der Waals surface area (Å²) < 4.78 is 5.38. The molecule has 0 saturated heterocycles. The van der Waals surface area contributed by atoms with Crippen molar-refractivity contribution in [1.82, 2.24) is 0 Å². The van der Waals surface area contributed by atoms with E-state index in [-0.39, 0.29) is 12.0 Å². The van der Waals surface area contributed by atoms with Crippen molar-refractivity contribution in [1.29, 1.82) is 0 Å². The van der Waals surface area contributed by atoms with E-state index >= 15 is 0 Å². The van der Waals surface area contributed by atoms with Gasteiger partial charge >= 0.3 is 0 Å². The standard InChI is InChI=1S/C14H13NO/c1-16-14-13-9-8-11(15-14)7-6-10-4-2-3-5-12(10)13/h2-9,11,13H,1H3/b7-6-. The summed E-state index contributed by atoms with van der Waals surface area (Å²) in [4.78, 5) is 4.54. The Kier molecular flexibility index (Phi) is 2.13. The lowest BCUT2D eigenvalue weighted by molar-refractivity contribution is 0.383. The predicted molar refractivity (Wildman–Crippen MR) is 65.6 cm³/mol. The van der Waals surface area contributed by atoms with Gasteiger partial charge in [0.2, 0.25) is 0 Å². The van der Waals surface area contributed by atoms with Crippen LogP contribution in [0.15, 0.2) is 47.5 Å². The Bertz CT molecular complexity index is 499. The molecule has 16 heavy (non-hydrogen) atoms. The lowest BCUT2D eigenvalue weighted by Crippen LogP contribution is -2.21. The van der Waals surface area contributed by atoms with Crippen LogP contribution in [-0.2, 0) is 4.74 Å². The first-order chi connectivity index (χ1) is 7.88. The van der Waals surface area contributed by atoms with E-state index in [0.29, 0.717) is 0 Å². The molecule has 0 fully saturated rings. The fourth-order valence-electron chi connectivity index (χ4n) is 2.25. The fourth-order valence-corrected chi connectivity index (χ4v) is 2.25. The minimum absolute atomic E-state index is 0.125. The summed E-state index contributed by atoms with van der Waals surface area (Å²) in [5.41, 5.74) is 2.51. The third kappa shape index (κ3) is 1.38. The first kappa shape index (κ1) is 9.40. The maximum absolute atomic E-state index is 5.38. The molecule has 0 N–H and O–H groups in total. The van der Waals surface area contributed by atoms with Gasteiger partial charge in [-0.3, -0.25) is 0 Å². The minimum Gasteiger partial charge on any atom is -0.484 e. The molecular weight excluding hydrogens is 198 g/mol. The fraction of sp³-hybridized carbons (Fsp3) is 0.214. The smallest absolute Gasteiger partial charge is 0.195 e. The summed E-state index contributed by atoms with van der Waals surface area (Å²) in [5.74, 6) is 0.978. The lowest BCUT2D eigenvalue weighted by atomic mass is 9.89. The first-order valence-electron chi connectivity index (χ1n) is 5.45. The Labute approximate surface area is 95.0 Å². The third-order valence-electron chi connectivity index (χ3n) is 3.06. The maximum Gasteiger partial charge on any atom is 0.195 e. The van der Waals surface area contributed by atoms with Crippen LogP contribution in [0.1, 0.15) is 17.0 Å². The largest absolute Gasteiger partial charge is 0.484 e. The summed E-state index contributed by atoms with van der Waals surface area (Å²) in [5, 5.41) is 0. The van der Waals surface area contributed by atoms with Crippen LogP contribution in [0.25, 0.3) is 6.08 Å². The molecule has 80 valence electrons. The topological polar surface area (TPSA) is 21.6 Å². The summed E-state index contributed by atoms with van der Waals surface area (Å²) in [6, 6.07) is 8.51. The zero-order valence-corrected chi connectivity index (χ0v) is 9.13. The van der Waals surface area contributed by atoms with Crippen molar-refractivity contribution in [2.75, 3.05) is 7.11 Å². The summed E-state index contributed by atoms with van der Waals surface area (Å²) in [7, 11) is 1.69. The van der Waals surface area contributed by atoms with Gasteiger partial charge in [-0.1, -0.05) is 48.6 Å². The molecule has 0 aromatic heterocycles. The molecule has 2 nitrogen and oxygen atoms in total. The zero-order valence-electron chi connectivity index (χ0n) is 9.13. The van der Waals surface area contributed by atoms with Crippen molar-refractivity contribution in [2.45, 2.75) is 12.0 Å². The number of aliphatic imine (C=N–C) groups is 1. The van der Waals surface area contributed by atoms with Gasteiger partial charge in [0.1, 0.15) is 0 Å². The summed E-state index contributed by atoms with van der Waals surface area (Å²) in [6.07, 6.45) is 8.55. The molecule has 1 aliphatic carbocycles. The molecule has 3 aliphatic rings. The van der Waals surface area contributed by atoms with Gasteiger partial charge < -0.3 is 4.74 Å². The van der Waals surface area contributed by atoms with Crippen molar-refractivity contribution in [3.63, 3.8) is 0 Å². The van der Waals surface area contributed by atoms with Crippen molar-refractivity contribution >= 4 is 12.0 Å². The van der Waals surface area contributed by atoms with E-state index in [2.05, 4.69) is 53.6 Å². The minimum atomic E-state index is 0.125.